The van der Waals surface area contributed by atoms with Crippen LogP contribution in [0.5, 0.6) is 0 Å². The van der Waals surface area contributed by atoms with Crippen LogP contribution in [0.25, 0.3) is 0 Å². The first-order chi connectivity index (χ1) is 6.41. The molecule has 3 heteroatoms. The van der Waals surface area contributed by atoms with Crippen molar-refractivity contribution in [1.82, 2.24) is 0 Å². The van der Waals surface area contributed by atoms with Crippen molar-refractivity contribution in [3.8, 4) is 0 Å². The molecule has 0 aliphatic carbocycles. The molecule has 0 radical (unpaired) electrons. The van der Waals surface area contributed by atoms with Crippen molar-refractivity contribution in [3.05, 3.63) is 11.6 Å². The number of carbonyl (C=O) groups excluding carboxylic acids is 1. The molecule has 0 spiro atoms. The van der Waals surface area contributed by atoms with Crippen molar-refractivity contribution in [3.63, 3.8) is 0 Å². The van der Waals surface area contributed by atoms with Gasteiger partial charge in [0.1, 0.15) is 5.60 Å². The van der Waals surface area contributed by atoms with Crippen LogP contribution in [0, 0.1) is 0 Å². The van der Waals surface area contributed by atoms with Gasteiger partial charge in [-0.15, -0.1) is 0 Å². The van der Waals surface area contributed by atoms with E-state index in [1.165, 1.54) is 0 Å². The summed E-state index contributed by atoms with van der Waals surface area (Å²) in [4.78, 5) is 10.9. The second-order valence-electron chi connectivity index (χ2n) is 4.44. The van der Waals surface area contributed by atoms with Gasteiger partial charge in [-0.05, 0) is 27.2 Å². The number of esters is 1. The lowest BCUT2D eigenvalue weighted by molar-refractivity contribution is -0.148. The van der Waals surface area contributed by atoms with Gasteiger partial charge >= 0.3 is 5.97 Å². The van der Waals surface area contributed by atoms with E-state index in [0.29, 0.717) is 19.3 Å². The number of rotatable bonds is 3. The quantitative estimate of drug-likeness (QED) is 0.555. The summed E-state index contributed by atoms with van der Waals surface area (Å²) in [7, 11) is 0. The Hall–Kier alpha value is -0.830. The number of cyclic esters (lactones) is 1. The molecule has 14 heavy (non-hydrogen) atoms. The zero-order chi connectivity index (χ0) is 10.8. The van der Waals surface area contributed by atoms with Crippen molar-refractivity contribution >= 4 is 5.97 Å². The molecule has 2 atom stereocenters. The normalized spacial score (nSPS) is 28.4. The Bertz CT molecular complexity index is 253. The number of hydrogen-bond acceptors (Lipinski definition) is 3. The standard InChI is InChI=1S/C11H18O3/c1-8(2)6-9(12)7-11(3)5-4-10(13)14-11/h6,9,12H,4-5,7H2,1-3H3. The Kier molecular flexibility index (Phi) is 3.32. The molecule has 1 aliphatic heterocycles. The van der Waals surface area contributed by atoms with Crippen molar-refractivity contribution in [2.24, 2.45) is 0 Å². The van der Waals surface area contributed by atoms with E-state index in [0.717, 1.165) is 5.57 Å². The molecule has 1 heterocycles. The van der Waals surface area contributed by atoms with Gasteiger partial charge in [0.2, 0.25) is 0 Å². The number of ether oxygens (including phenoxy) is 1. The molecule has 3 nitrogen and oxygen atoms in total. The number of carbonyl (C=O) groups is 1. The molecule has 0 saturated carbocycles. The smallest absolute Gasteiger partial charge is 0.306 e. The molecule has 0 bridgehead atoms. The monoisotopic (exact) mass is 198 g/mol. The molecular formula is C11H18O3. The fraction of sp³-hybridized carbons (Fsp3) is 0.727. The van der Waals surface area contributed by atoms with E-state index >= 15 is 0 Å². The van der Waals surface area contributed by atoms with Crippen LogP contribution in [0.2, 0.25) is 0 Å². The Balaban J connectivity index is 2.51. The minimum atomic E-state index is -0.518. The van der Waals surface area contributed by atoms with Crippen molar-refractivity contribution in [2.75, 3.05) is 0 Å². The first-order valence-corrected chi connectivity index (χ1v) is 4.96. The summed E-state index contributed by atoms with van der Waals surface area (Å²) < 4.78 is 5.17. The van der Waals surface area contributed by atoms with Gasteiger partial charge in [0.05, 0.1) is 6.10 Å². The van der Waals surface area contributed by atoms with Crippen molar-refractivity contribution in [2.45, 2.75) is 51.7 Å². The molecule has 2 unspecified atom stereocenters. The average molecular weight is 198 g/mol. The van der Waals surface area contributed by atoms with Crippen LogP contribution in [0.1, 0.15) is 40.0 Å². The number of aliphatic hydroxyl groups excluding tert-OH is 1. The lowest BCUT2D eigenvalue weighted by Crippen LogP contribution is -2.29. The van der Waals surface area contributed by atoms with E-state index in [4.69, 9.17) is 4.74 Å². The van der Waals surface area contributed by atoms with Gasteiger partial charge in [-0.1, -0.05) is 11.6 Å². The topological polar surface area (TPSA) is 46.5 Å². The lowest BCUT2D eigenvalue weighted by atomic mass is 9.94. The Labute approximate surface area is 84.8 Å². The third-order valence-corrected chi connectivity index (χ3v) is 2.38. The second-order valence-corrected chi connectivity index (χ2v) is 4.44. The van der Waals surface area contributed by atoms with E-state index in [2.05, 4.69) is 0 Å². The van der Waals surface area contributed by atoms with E-state index in [-0.39, 0.29) is 5.97 Å². The Morgan fingerprint density at radius 2 is 2.36 bits per heavy atom. The fourth-order valence-corrected chi connectivity index (χ4v) is 1.77. The number of aliphatic hydroxyl groups is 1. The van der Waals surface area contributed by atoms with E-state index in [1.54, 1.807) is 6.08 Å². The highest BCUT2D eigenvalue weighted by molar-refractivity contribution is 5.72. The predicted molar refractivity (Wildman–Crippen MR) is 53.8 cm³/mol. The minimum absolute atomic E-state index is 0.156. The molecule has 1 fully saturated rings. The van der Waals surface area contributed by atoms with E-state index in [9.17, 15) is 9.90 Å². The molecule has 1 saturated heterocycles. The van der Waals surface area contributed by atoms with Gasteiger partial charge in [0, 0.05) is 12.8 Å². The summed E-state index contributed by atoms with van der Waals surface area (Å²) in [5.74, 6) is -0.156. The van der Waals surface area contributed by atoms with Crippen LogP contribution in [0.15, 0.2) is 11.6 Å². The van der Waals surface area contributed by atoms with Gasteiger partial charge in [-0.3, -0.25) is 4.79 Å². The van der Waals surface area contributed by atoms with Gasteiger partial charge in [-0.2, -0.15) is 0 Å². The van der Waals surface area contributed by atoms with Crippen LogP contribution in [-0.2, 0) is 9.53 Å². The fourth-order valence-electron chi connectivity index (χ4n) is 1.77. The summed E-state index contributed by atoms with van der Waals surface area (Å²) in [6.45, 7) is 5.75. The molecule has 1 aliphatic rings. The van der Waals surface area contributed by atoms with Crippen molar-refractivity contribution < 1.29 is 14.6 Å². The van der Waals surface area contributed by atoms with E-state index in [1.807, 2.05) is 20.8 Å². The minimum Gasteiger partial charge on any atom is -0.459 e. The molecular weight excluding hydrogens is 180 g/mol. The number of hydrogen-bond donors (Lipinski definition) is 1. The molecule has 1 N–H and O–H groups in total. The van der Waals surface area contributed by atoms with Gasteiger partial charge in [0.25, 0.3) is 0 Å². The summed E-state index contributed by atoms with van der Waals surface area (Å²) in [6.07, 6.45) is 2.94. The zero-order valence-electron chi connectivity index (χ0n) is 9.04. The molecule has 0 aromatic rings. The molecule has 0 amide bonds. The third kappa shape index (κ3) is 3.14. The molecule has 0 aromatic carbocycles. The van der Waals surface area contributed by atoms with Crippen molar-refractivity contribution in [1.29, 1.82) is 0 Å². The summed E-state index contributed by atoms with van der Waals surface area (Å²) in [6, 6.07) is 0. The van der Waals surface area contributed by atoms with E-state index < -0.39 is 11.7 Å². The Morgan fingerprint density at radius 1 is 1.71 bits per heavy atom. The number of allylic oxidation sites excluding steroid dienone is 1. The second kappa shape index (κ2) is 4.13. The first-order valence-electron chi connectivity index (χ1n) is 4.96. The SMILES string of the molecule is CC(C)=CC(O)CC1(C)CCC(=O)O1. The largest absolute Gasteiger partial charge is 0.459 e. The summed E-state index contributed by atoms with van der Waals surface area (Å²) >= 11 is 0. The highest BCUT2D eigenvalue weighted by Crippen LogP contribution is 2.30. The zero-order valence-corrected chi connectivity index (χ0v) is 9.04. The van der Waals surface area contributed by atoms with Crippen LogP contribution in [0.4, 0.5) is 0 Å². The first kappa shape index (κ1) is 11.2. The highest BCUT2D eigenvalue weighted by Gasteiger charge is 2.36. The average Bonchev–Trinajstić information content (AvgIpc) is 2.28. The Morgan fingerprint density at radius 3 is 2.79 bits per heavy atom. The molecule has 80 valence electrons. The van der Waals surface area contributed by atoms with Gasteiger partial charge in [-0.25, -0.2) is 0 Å². The third-order valence-electron chi connectivity index (χ3n) is 2.38. The van der Waals surface area contributed by atoms with Crippen LogP contribution in [0.3, 0.4) is 0 Å². The maximum absolute atomic E-state index is 10.9. The molecule has 0 aromatic heterocycles. The highest BCUT2D eigenvalue weighted by atomic mass is 16.6. The predicted octanol–water partition coefficient (Wildman–Crippen LogP) is 1.80. The summed E-state index contributed by atoms with van der Waals surface area (Å²) in [5.41, 5.74) is 0.605. The van der Waals surface area contributed by atoms with Crippen LogP contribution in [-0.4, -0.2) is 22.8 Å². The summed E-state index contributed by atoms with van der Waals surface area (Å²) in [5, 5.41) is 9.66. The van der Waals surface area contributed by atoms with Gasteiger partial charge < -0.3 is 9.84 Å². The van der Waals surface area contributed by atoms with Crippen LogP contribution < -0.4 is 0 Å². The maximum Gasteiger partial charge on any atom is 0.306 e. The van der Waals surface area contributed by atoms with Gasteiger partial charge in [0.15, 0.2) is 0 Å². The maximum atomic E-state index is 10.9. The van der Waals surface area contributed by atoms with Crippen LogP contribution >= 0.6 is 0 Å². The lowest BCUT2D eigenvalue weighted by Gasteiger charge is -2.24. The molecule has 1 rings (SSSR count).